The zero-order valence-corrected chi connectivity index (χ0v) is 10.5. The van der Waals surface area contributed by atoms with E-state index >= 15 is 0 Å². The number of nitrogens with one attached hydrogen (secondary N) is 1. The number of nitrogens with zero attached hydrogens (tertiary/aromatic N) is 1. The summed E-state index contributed by atoms with van der Waals surface area (Å²) < 4.78 is 5.64. The monoisotopic (exact) mass is 212 g/mol. The zero-order chi connectivity index (χ0) is 11.5. The van der Waals surface area contributed by atoms with Crippen molar-refractivity contribution >= 4 is 5.84 Å². The quantitative estimate of drug-likeness (QED) is 0.564. The van der Waals surface area contributed by atoms with Gasteiger partial charge in [-0.1, -0.05) is 20.8 Å². The van der Waals surface area contributed by atoms with Crippen molar-refractivity contribution in [1.29, 1.82) is 5.41 Å². The molecule has 1 saturated heterocycles. The van der Waals surface area contributed by atoms with Crippen molar-refractivity contribution in [3.63, 3.8) is 0 Å². The molecule has 1 atom stereocenters. The molecule has 1 N–H and O–H groups in total. The Morgan fingerprint density at radius 3 is 2.67 bits per heavy atom. The second-order valence-electron chi connectivity index (χ2n) is 5.26. The molecule has 0 saturated carbocycles. The van der Waals surface area contributed by atoms with Gasteiger partial charge in [0.25, 0.3) is 0 Å². The lowest BCUT2D eigenvalue weighted by molar-refractivity contribution is 0.0216. The van der Waals surface area contributed by atoms with Crippen LogP contribution in [0.15, 0.2) is 0 Å². The molecule has 1 rings (SSSR count). The number of hydrogen-bond acceptors (Lipinski definition) is 2. The lowest BCUT2D eigenvalue weighted by atomic mass is 9.92. The lowest BCUT2D eigenvalue weighted by Gasteiger charge is -2.38. The molecule has 0 aliphatic carbocycles. The van der Waals surface area contributed by atoms with Crippen LogP contribution in [0.3, 0.4) is 0 Å². The predicted octanol–water partition coefficient (Wildman–Crippen LogP) is 2.51. The summed E-state index contributed by atoms with van der Waals surface area (Å²) >= 11 is 0. The Balaban J connectivity index is 2.52. The molecule has 0 aromatic rings. The molecule has 1 fully saturated rings. The van der Waals surface area contributed by atoms with Gasteiger partial charge in [0.2, 0.25) is 0 Å². The minimum absolute atomic E-state index is 0.0475. The second-order valence-corrected chi connectivity index (χ2v) is 5.26. The Morgan fingerprint density at radius 1 is 1.47 bits per heavy atom. The molecule has 3 nitrogen and oxygen atoms in total. The van der Waals surface area contributed by atoms with Gasteiger partial charge in [-0.3, -0.25) is 5.41 Å². The molecule has 15 heavy (non-hydrogen) atoms. The summed E-state index contributed by atoms with van der Waals surface area (Å²) in [5.41, 5.74) is -0.0475. The van der Waals surface area contributed by atoms with E-state index in [9.17, 15) is 0 Å². The zero-order valence-electron chi connectivity index (χ0n) is 10.5. The van der Waals surface area contributed by atoms with E-state index < -0.39 is 0 Å². The van der Waals surface area contributed by atoms with Crippen LogP contribution in [0, 0.1) is 10.8 Å². The van der Waals surface area contributed by atoms with Crippen LogP contribution in [-0.4, -0.2) is 36.5 Å². The average molecular weight is 212 g/mol. The van der Waals surface area contributed by atoms with Gasteiger partial charge in [-0.25, -0.2) is 0 Å². The van der Waals surface area contributed by atoms with Crippen molar-refractivity contribution in [3.05, 3.63) is 0 Å². The molecule has 1 aliphatic heterocycles. The third-order valence-electron chi connectivity index (χ3n) is 2.81. The van der Waals surface area contributed by atoms with Gasteiger partial charge >= 0.3 is 0 Å². The fourth-order valence-electron chi connectivity index (χ4n) is 1.99. The molecule has 1 aliphatic rings. The summed E-state index contributed by atoms with van der Waals surface area (Å²) in [6.07, 6.45) is 2.61. The molecule has 3 heteroatoms. The number of amidine groups is 1. The minimum Gasteiger partial charge on any atom is -0.377 e. The lowest BCUT2D eigenvalue weighted by Crippen LogP contribution is -2.47. The smallest absolute Gasteiger partial charge is 0.101 e. The maximum absolute atomic E-state index is 8.13. The Hall–Kier alpha value is -0.570. The van der Waals surface area contributed by atoms with Crippen molar-refractivity contribution < 1.29 is 4.74 Å². The SMILES string of the molecule is CCOC1CCCN(C(=N)C(C)(C)C)C1. The number of piperidine rings is 1. The summed E-state index contributed by atoms with van der Waals surface area (Å²) in [7, 11) is 0. The molecule has 0 bridgehead atoms. The van der Waals surface area contributed by atoms with Crippen LogP contribution in [0.5, 0.6) is 0 Å². The molecule has 0 radical (unpaired) electrons. The van der Waals surface area contributed by atoms with Crippen LogP contribution in [0.1, 0.15) is 40.5 Å². The summed E-state index contributed by atoms with van der Waals surface area (Å²) in [5.74, 6) is 0.743. The van der Waals surface area contributed by atoms with Crippen LogP contribution in [0.2, 0.25) is 0 Å². The Labute approximate surface area is 93.3 Å². The van der Waals surface area contributed by atoms with Crippen LogP contribution in [0.25, 0.3) is 0 Å². The third kappa shape index (κ3) is 3.49. The molecular formula is C12H24N2O. The van der Waals surface area contributed by atoms with Crippen molar-refractivity contribution in [1.82, 2.24) is 4.90 Å². The minimum atomic E-state index is -0.0475. The van der Waals surface area contributed by atoms with Gasteiger partial charge in [0.15, 0.2) is 0 Å². The summed E-state index contributed by atoms with van der Waals surface area (Å²) in [6, 6.07) is 0. The first-order chi connectivity index (χ1) is 6.95. The van der Waals surface area contributed by atoms with Gasteiger partial charge in [-0.05, 0) is 19.8 Å². The molecule has 0 aromatic carbocycles. The van der Waals surface area contributed by atoms with Crippen LogP contribution >= 0.6 is 0 Å². The van der Waals surface area contributed by atoms with Gasteiger partial charge in [0, 0.05) is 25.1 Å². The maximum atomic E-state index is 8.13. The van der Waals surface area contributed by atoms with E-state index in [1.807, 2.05) is 6.92 Å². The van der Waals surface area contributed by atoms with Gasteiger partial charge in [0.1, 0.15) is 5.84 Å². The van der Waals surface area contributed by atoms with E-state index in [0.717, 1.165) is 38.4 Å². The summed E-state index contributed by atoms with van der Waals surface area (Å²) in [4.78, 5) is 2.17. The fraction of sp³-hybridized carbons (Fsp3) is 0.917. The molecule has 0 spiro atoms. The highest BCUT2D eigenvalue weighted by atomic mass is 16.5. The van der Waals surface area contributed by atoms with Crippen LogP contribution in [-0.2, 0) is 4.74 Å². The molecule has 1 unspecified atom stereocenters. The van der Waals surface area contributed by atoms with Gasteiger partial charge in [-0.15, -0.1) is 0 Å². The summed E-state index contributed by atoms with van der Waals surface area (Å²) in [6.45, 7) is 11.0. The Kier molecular flexibility index (Phi) is 4.14. The number of rotatable bonds is 2. The van der Waals surface area contributed by atoms with Crippen molar-refractivity contribution in [3.8, 4) is 0 Å². The van der Waals surface area contributed by atoms with Gasteiger partial charge in [-0.2, -0.15) is 0 Å². The number of likely N-dealkylation sites (tertiary alicyclic amines) is 1. The van der Waals surface area contributed by atoms with Crippen molar-refractivity contribution in [2.45, 2.75) is 46.6 Å². The topological polar surface area (TPSA) is 36.3 Å². The largest absolute Gasteiger partial charge is 0.377 e. The molecule has 0 aromatic heterocycles. The maximum Gasteiger partial charge on any atom is 0.101 e. The van der Waals surface area contributed by atoms with E-state index in [1.54, 1.807) is 0 Å². The number of hydrogen-bond donors (Lipinski definition) is 1. The van der Waals surface area contributed by atoms with Gasteiger partial charge < -0.3 is 9.64 Å². The fourth-order valence-corrected chi connectivity index (χ4v) is 1.99. The highest BCUT2D eigenvalue weighted by Crippen LogP contribution is 2.22. The molecule has 88 valence electrons. The average Bonchev–Trinajstić information content (AvgIpc) is 2.16. The normalized spacial score (nSPS) is 22.9. The standard InChI is InChI=1S/C12H24N2O/c1-5-15-10-7-6-8-14(9-10)11(13)12(2,3)4/h10,13H,5-9H2,1-4H3. The first-order valence-corrected chi connectivity index (χ1v) is 5.90. The van der Waals surface area contributed by atoms with Crippen LogP contribution < -0.4 is 0 Å². The van der Waals surface area contributed by atoms with E-state index in [4.69, 9.17) is 10.1 Å². The highest BCUT2D eigenvalue weighted by Gasteiger charge is 2.27. The van der Waals surface area contributed by atoms with E-state index in [1.165, 1.54) is 0 Å². The Bertz CT molecular complexity index is 218. The van der Waals surface area contributed by atoms with Crippen molar-refractivity contribution in [2.24, 2.45) is 5.41 Å². The molecule has 1 heterocycles. The van der Waals surface area contributed by atoms with Crippen LogP contribution in [0.4, 0.5) is 0 Å². The van der Waals surface area contributed by atoms with E-state index in [0.29, 0.717) is 6.10 Å². The number of ether oxygens (including phenoxy) is 1. The predicted molar refractivity (Wildman–Crippen MR) is 63.4 cm³/mol. The summed E-state index contributed by atoms with van der Waals surface area (Å²) in [5, 5.41) is 8.13. The first-order valence-electron chi connectivity index (χ1n) is 5.90. The third-order valence-corrected chi connectivity index (χ3v) is 2.81. The Morgan fingerprint density at radius 2 is 2.13 bits per heavy atom. The molecule has 0 amide bonds. The second kappa shape index (κ2) is 4.97. The highest BCUT2D eigenvalue weighted by molar-refractivity contribution is 5.84. The molecular weight excluding hydrogens is 188 g/mol. The van der Waals surface area contributed by atoms with E-state index in [2.05, 4.69) is 25.7 Å². The van der Waals surface area contributed by atoms with Crippen molar-refractivity contribution in [2.75, 3.05) is 19.7 Å². The van der Waals surface area contributed by atoms with E-state index in [-0.39, 0.29) is 5.41 Å². The van der Waals surface area contributed by atoms with Gasteiger partial charge in [0.05, 0.1) is 6.10 Å². The first kappa shape index (κ1) is 12.5.